The van der Waals surface area contributed by atoms with Crippen molar-refractivity contribution in [1.29, 1.82) is 0 Å². The van der Waals surface area contributed by atoms with E-state index in [0.29, 0.717) is 0 Å². The Morgan fingerprint density at radius 2 is 2.07 bits per heavy atom. The molecule has 0 spiro atoms. The Hall–Kier alpha value is -1.10. The molecule has 14 heavy (non-hydrogen) atoms. The molecule has 1 N–H and O–H groups in total. The van der Waals surface area contributed by atoms with Crippen molar-refractivity contribution in [2.24, 2.45) is 0 Å². The molecule has 2 aliphatic heterocycles. The lowest BCUT2D eigenvalue weighted by Gasteiger charge is -2.21. The van der Waals surface area contributed by atoms with Gasteiger partial charge in [0, 0.05) is 13.6 Å². The first kappa shape index (κ1) is 9.45. The summed E-state index contributed by atoms with van der Waals surface area (Å²) in [7, 11) is 1.67. The Morgan fingerprint density at radius 1 is 1.36 bits per heavy atom. The Kier molecular flexibility index (Phi) is 2.19. The number of hydrazine groups is 1. The van der Waals surface area contributed by atoms with Gasteiger partial charge in [0.2, 0.25) is 5.91 Å². The zero-order chi connectivity index (χ0) is 10.3. The first-order valence-electron chi connectivity index (χ1n) is 4.95. The van der Waals surface area contributed by atoms with Crippen molar-refractivity contribution in [1.82, 2.24) is 15.3 Å². The average Bonchev–Trinajstić information content (AvgIpc) is 2.60. The van der Waals surface area contributed by atoms with E-state index >= 15 is 0 Å². The molecule has 0 radical (unpaired) electrons. The Bertz CT molecular complexity index is 253. The summed E-state index contributed by atoms with van der Waals surface area (Å²) >= 11 is 0. The number of hydrogen-bond donors (Lipinski definition) is 1. The highest BCUT2D eigenvalue weighted by Gasteiger charge is 2.40. The molecule has 2 fully saturated rings. The van der Waals surface area contributed by atoms with Gasteiger partial charge in [-0.05, 0) is 19.8 Å². The summed E-state index contributed by atoms with van der Waals surface area (Å²) < 4.78 is 0. The topological polar surface area (TPSA) is 52.7 Å². The number of likely N-dealkylation sites (N-methyl/N-ethyl adjacent to an activating group) is 1. The smallest absolute Gasteiger partial charge is 0.259 e. The Labute approximate surface area is 83.0 Å². The molecule has 2 aliphatic rings. The molecule has 2 amide bonds. The van der Waals surface area contributed by atoms with E-state index in [1.54, 1.807) is 18.9 Å². The number of nitrogens with zero attached hydrogens (tertiary/aromatic N) is 2. The molecule has 0 aromatic rings. The fourth-order valence-electron chi connectivity index (χ4n) is 2.17. The van der Waals surface area contributed by atoms with Crippen LogP contribution in [0.4, 0.5) is 0 Å². The van der Waals surface area contributed by atoms with Crippen LogP contribution in [0.15, 0.2) is 0 Å². The Morgan fingerprint density at radius 3 is 2.79 bits per heavy atom. The Balaban J connectivity index is 2.28. The summed E-state index contributed by atoms with van der Waals surface area (Å²) in [6.45, 7) is 2.50. The molecule has 5 heteroatoms. The van der Waals surface area contributed by atoms with Gasteiger partial charge in [-0.25, -0.2) is 5.43 Å². The largest absolute Gasteiger partial charge is 0.329 e. The van der Waals surface area contributed by atoms with E-state index in [1.165, 1.54) is 5.01 Å². The van der Waals surface area contributed by atoms with E-state index in [9.17, 15) is 9.59 Å². The van der Waals surface area contributed by atoms with Crippen LogP contribution in [-0.2, 0) is 9.59 Å². The number of hydrogen-bond acceptors (Lipinski definition) is 3. The van der Waals surface area contributed by atoms with E-state index in [-0.39, 0.29) is 23.9 Å². The van der Waals surface area contributed by atoms with Crippen LogP contribution >= 0.6 is 0 Å². The molecule has 0 unspecified atom stereocenters. The highest BCUT2D eigenvalue weighted by atomic mass is 16.2. The van der Waals surface area contributed by atoms with Gasteiger partial charge in [0.15, 0.2) is 0 Å². The number of carbonyl (C=O) groups excluding carboxylic acids is 2. The molecule has 2 atom stereocenters. The molecule has 2 rings (SSSR count). The molecule has 0 aromatic heterocycles. The number of nitrogens with one attached hydrogen (secondary N) is 1. The second-order valence-electron chi connectivity index (χ2n) is 3.94. The molecule has 0 saturated carbocycles. The third-order valence-corrected chi connectivity index (χ3v) is 2.91. The lowest BCUT2D eigenvalue weighted by atomic mass is 10.2. The van der Waals surface area contributed by atoms with Crippen LogP contribution in [-0.4, -0.2) is 47.4 Å². The number of rotatable bonds is 0. The SMILES string of the molecule is C[C@@H]1NN(C)C(=O)[C@H]2CCCN2C1=O. The fourth-order valence-corrected chi connectivity index (χ4v) is 2.17. The maximum absolute atomic E-state index is 11.8. The number of carbonyl (C=O) groups is 2. The van der Waals surface area contributed by atoms with Crippen molar-refractivity contribution in [3.63, 3.8) is 0 Å². The summed E-state index contributed by atoms with van der Waals surface area (Å²) in [5.74, 6) is 0.0328. The van der Waals surface area contributed by atoms with Gasteiger partial charge in [-0.15, -0.1) is 0 Å². The predicted octanol–water partition coefficient (Wildman–Crippen LogP) is -0.657. The number of fused-ring (bicyclic) bond motifs is 1. The zero-order valence-electron chi connectivity index (χ0n) is 8.49. The molecule has 2 heterocycles. The van der Waals surface area contributed by atoms with Crippen molar-refractivity contribution in [3.8, 4) is 0 Å². The molecule has 5 nitrogen and oxygen atoms in total. The highest BCUT2D eigenvalue weighted by molar-refractivity contribution is 5.92. The van der Waals surface area contributed by atoms with E-state index in [1.807, 2.05) is 0 Å². The quantitative estimate of drug-likeness (QED) is 0.561. The minimum Gasteiger partial charge on any atom is -0.329 e. The monoisotopic (exact) mass is 197 g/mol. The van der Waals surface area contributed by atoms with E-state index in [4.69, 9.17) is 0 Å². The molecular weight excluding hydrogens is 182 g/mol. The van der Waals surface area contributed by atoms with Gasteiger partial charge in [0.05, 0.1) is 0 Å². The molecule has 0 bridgehead atoms. The third-order valence-electron chi connectivity index (χ3n) is 2.91. The summed E-state index contributed by atoms with van der Waals surface area (Å²) in [5, 5.41) is 1.44. The van der Waals surface area contributed by atoms with Gasteiger partial charge in [0.1, 0.15) is 12.1 Å². The van der Waals surface area contributed by atoms with Gasteiger partial charge in [-0.3, -0.25) is 14.6 Å². The maximum atomic E-state index is 11.8. The van der Waals surface area contributed by atoms with E-state index in [2.05, 4.69) is 5.43 Å². The molecule has 78 valence electrons. The van der Waals surface area contributed by atoms with Crippen LogP contribution in [0.5, 0.6) is 0 Å². The fraction of sp³-hybridized carbons (Fsp3) is 0.778. The van der Waals surface area contributed by atoms with E-state index in [0.717, 1.165) is 19.4 Å². The maximum Gasteiger partial charge on any atom is 0.259 e. The first-order valence-corrected chi connectivity index (χ1v) is 4.95. The van der Waals surface area contributed by atoms with Crippen molar-refractivity contribution < 1.29 is 9.59 Å². The van der Waals surface area contributed by atoms with Crippen LogP contribution in [0.25, 0.3) is 0 Å². The average molecular weight is 197 g/mol. The summed E-state index contributed by atoms with van der Waals surface area (Å²) in [6.07, 6.45) is 1.73. The molecule has 2 saturated heterocycles. The lowest BCUT2D eigenvalue weighted by Crippen LogP contribution is -2.46. The third kappa shape index (κ3) is 1.28. The van der Waals surface area contributed by atoms with Crippen LogP contribution in [0, 0.1) is 0 Å². The van der Waals surface area contributed by atoms with Gasteiger partial charge in [-0.2, -0.15) is 0 Å². The van der Waals surface area contributed by atoms with Crippen LogP contribution < -0.4 is 5.43 Å². The predicted molar refractivity (Wildman–Crippen MR) is 50.1 cm³/mol. The van der Waals surface area contributed by atoms with Gasteiger partial charge in [-0.1, -0.05) is 0 Å². The molecular formula is C9H15N3O2. The van der Waals surface area contributed by atoms with Gasteiger partial charge >= 0.3 is 0 Å². The molecule has 0 aliphatic carbocycles. The van der Waals surface area contributed by atoms with E-state index < -0.39 is 0 Å². The highest BCUT2D eigenvalue weighted by Crippen LogP contribution is 2.21. The summed E-state index contributed by atoms with van der Waals surface area (Å²) in [4.78, 5) is 25.3. The second-order valence-corrected chi connectivity index (χ2v) is 3.94. The minimum atomic E-state index is -0.299. The lowest BCUT2D eigenvalue weighted by molar-refractivity contribution is -0.139. The zero-order valence-corrected chi connectivity index (χ0v) is 8.49. The van der Waals surface area contributed by atoms with Crippen LogP contribution in [0.2, 0.25) is 0 Å². The summed E-state index contributed by atoms with van der Waals surface area (Å²) in [5.41, 5.74) is 2.86. The summed E-state index contributed by atoms with van der Waals surface area (Å²) in [6, 6.07) is -0.531. The number of amides is 2. The van der Waals surface area contributed by atoms with Crippen molar-refractivity contribution >= 4 is 11.8 Å². The standard InChI is InChI=1S/C9H15N3O2/c1-6-8(13)12-5-3-4-7(12)9(14)11(2)10-6/h6-7,10H,3-5H2,1-2H3/t6-,7+/m0/s1. The first-order chi connectivity index (χ1) is 6.61. The van der Waals surface area contributed by atoms with Crippen molar-refractivity contribution in [2.75, 3.05) is 13.6 Å². The normalized spacial score (nSPS) is 33.3. The van der Waals surface area contributed by atoms with Crippen molar-refractivity contribution in [3.05, 3.63) is 0 Å². The van der Waals surface area contributed by atoms with Gasteiger partial charge < -0.3 is 4.90 Å². The second kappa shape index (κ2) is 3.24. The van der Waals surface area contributed by atoms with Crippen LogP contribution in [0.3, 0.4) is 0 Å². The molecule has 0 aromatic carbocycles. The minimum absolute atomic E-state index is 0.000185. The van der Waals surface area contributed by atoms with Crippen LogP contribution in [0.1, 0.15) is 19.8 Å². The van der Waals surface area contributed by atoms with Gasteiger partial charge in [0.25, 0.3) is 5.91 Å². The van der Waals surface area contributed by atoms with Crippen molar-refractivity contribution in [2.45, 2.75) is 31.8 Å².